The molecule has 0 aromatic carbocycles. The Hall–Kier alpha value is -0.970. The second-order valence-electron chi connectivity index (χ2n) is 7.54. The highest BCUT2D eigenvalue weighted by atomic mass is 16.9. The van der Waals surface area contributed by atoms with Crippen LogP contribution in [-0.4, -0.2) is 54.8 Å². The third-order valence-corrected chi connectivity index (χ3v) is 5.62. The molecule has 9 nitrogen and oxygen atoms in total. The summed E-state index contributed by atoms with van der Waals surface area (Å²) < 4.78 is 34.6. The van der Waals surface area contributed by atoms with Gasteiger partial charge >= 0.3 is 18.2 Å². The Balaban J connectivity index is 1.17. The highest BCUT2D eigenvalue weighted by molar-refractivity contribution is 5.74. The highest BCUT2D eigenvalue weighted by Gasteiger charge is 2.59. The predicted molar refractivity (Wildman–Crippen MR) is 74.1 cm³/mol. The minimum atomic E-state index is -1.51. The van der Waals surface area contributed by atoms with Gasteiger partial charge in [0.05, 0.1) is 36.6 Å². The van der Waals surface area contributed by atoms with Crippen molar-refractivity contribution in [3.8, 4) is 0 Å². The summed E-state index contributed by atoms with van der Waals surface area (Å²) in [5, 5.41) is 5.29. The number of hydrogen-bond donors (Lipinski definition) is 2. The number of urea groups is 1. The molecule has 6 aliphatic heterocycles. The second-order valence-corrected chi connectivity index (χ2v) is 7.54. The van der Waals surface area contributed by atoms with E-state index in [9.17, 15) is 4.79 Å². The van der Waals surface area contributed by atoms with Gasteiger partial charge < -0.3 is 28.4 Å². The lowest BCUT2D eigenvalue weighted by atomic mass is 9.90. The molecule has 0 unspecified atom stereocenters. The molecule has 0 aromatic rings. The zero-order chi connectivity index (χ0) is 15.9. The summed E-state index contributed by atoms with van der Waals surface area (Å²) in [5.74, 6) is 0. The number of carbonyl (C=O) groups is 1. The van der Waals surface area contributed by atoms with E-state index < -0.39 is 18.2 Å². The lowest BCUT2D eigenvalue weighted by Crippen LogP contribution is -2.74. The van der Waals surface area contributed by atoms with E-state index in [2.05, 4.69) is 10.6 Å². The van der Waals surface area contributed by atoms with E-state index in [0.717, 1.165) is 38.5 Å². The fourth-order valence-corrected chi connectivity index (χ4v) is 4.88. The Morgan fingerprint density at radius 3 is 1.08 bits per heavy atom. The summed E-state index contributed by atoms with van der Waals surface area (Å²) in [6.45, 7) is 0. The number of rotatable bonds is 2. The molecule has 2 N–H and O–H groups in total. The highest BCUT2D eigenvalue weighted by Crippen LogP contribution is 2.45. The Bertz CT molecular complexity index is 464. The lowest BCUT2D eigenvalue weighted by molar-refractivity contribution is -0.506. The van der Waals surface area contributed by atoms with Crippen LogP contribution in [0.4, 0.5) is 4.79 Å². The average Bonchev–Trinajstić information content (AvgIpc) is 2.42. The van der Waals surface area contributed by atoms with Crippen LogP contribution in [-0.2, 0) is 28.4 Å². The normalized spacial score (nSPS) is 56.5. The number of hydrogen-bond acceptors (Lipinski definition) is 7. The van der Waals surface area contributed by atoms with Gasteiger partial charge in [0.1, 0.15) is 0 Å². The minimum Gasteiger partial charge on any atom is -0.306 e. The fraction of sp³-hybridized carbons (Fsp3) is 0.933. The molecule has 0 atom stereocenters. The summed E-state index contributed by atoms with van der Waals surface area (Å²) in [5.41, 5.74) is 0. The standard InChI is InChI=1S/C15H20N2O7/c18-13(16-14-19-7-1-8(20-14)3-9(2-7)21-14)17-15-22-10-4-11(23-15)6-12(5-10)24-15/h7-12H,1-6H2,(H2,16,17,18). The number of ether oxygens (including phenoxy) is 6. The van der Waals surface area contributed by atoms with Crippen molar-refractivity contribution in [2.45, 2.75) is 87.3 Å². The van der Waals surface area contributed by atoms with Crippen LogP contribution in [0.1, 0.15) is 38.5 Å². The molecule has 2 aliphatic carbocycles. The van der Waals surface area contributed by atoms with Crippen LogP contribution in [0.25, 0.3) is 0 Å². The topological polar surface area (TPSA) is 96.5 Å². The average molecular weight is 340 g/mol. The van der Waals surface area contributed by atoms with Crippen LogP contribution in [0.15, 0.2) is 0 Å². The van der Waals surface area contributed by atoms with Crippen LogP contribution in [0.5, 0.6) is 0 Å². The molecule has 2 amide bonds. The van der Waals surface area contributed by atoms with E-state index in [1.807, 2.05) is 0 Å². The molecule has 8 rings (SSSR count). The number of amides is 2. The Kier molecular flexibility index (Phi) is 2.73. The SMILES string of the molecule is O=C(NC12OC3CC(CC(C3)O1)O2)NC12OC3CC(CC(C3)O1)O2. The molecule has 0 aromatic heterocycles. The van der Waals surface area contributed by atoms with Gasteiger partial charge in [0.15, 0.2) is 0 Å². The fourth-order valence-electron chi connectivity index (χ4n) is 4.88. The van der Waals surface area contributed by atoms with Gasteiger partial charge in [-0.05, 0) is 0 Å². The molecule has 9 heteroatoms. The predicted octanol–water partition coefficient (Wildman–Crippen LogP) is 0.242. The molecule has 24 heavy (non-hydrogen) atoms. The van der Waals surface area contributed by atoms with Crippen molar-refractivity contribution in [3.63, 3.8) is 0 Å². The first-order valence-corrected chi connectivity index (χ1v) is 8.74. The number of carbonyl (C=O) groups excluding carboxylic acids is 1. The van der Waals surface area contributed by atoms with E-state index in [4.69, 9.17) is 28.4 Å². The first-order valence-electron chi connectivity index (χ1n) is 8.74. The Labute approximate surface area is 138 Å². The molecule has 8 fully saturated rings. The van der Waals surface area contributed by atoms with Gasteiger partial charge in [0, 0.05) is 38.5 Å². The smallest absolute Gasteiger partial charge is 0.306 e. The maximum Gasteiger partial charge on any atom is 0.379 e. The lowest BCUT2D eigenvalue weighted by Gasteiger charge is -2.55. The van der Waals surface area contributed by atoms with Crippen molar-refractivity contribution >= 4 is 6.03 Å². The van der Waals surface area contributed by atoms with Gasteiger partial charge in [0.2, 0.25) is 0 Å². The van der Waals surface area contributed by atoms with Gasteiger partial charge in [-0.2, -0.15) is 0 Å². The molecule has 0 spiro atoms. The van der Waals surface area contributed by atoms with Gasteiger partial charge in [-0.15, -0.1) is 0 Å². The summed E-state index contributed by atoms with van der Waals surface area (Å²) >= 11 is 0. The largest absolute Gasteiger partial charge is 0.379 e. The summed E-state index contributed by atoms with van der Waals surface area (Å²) in [6.07, 6.45) is 2.36. The van der Waals surface area contributed by atoms with Crippen molar-refractivity contribution in [2.75, 3.05) is 0 Å². The van der Waals surface area contributed by atoms with Gasteiger partial charge in [-0.25, -0.2) is 4.79 Å². The van der Waals surface area contributed by atoms with Crippen molar-refractivity contribution in [1.29, 1.82) is 0 Å². The molecule has 0 radical (unpaired) electrons. The molecule has 8 bridgehead atoms. The van der Waals surface area contributed by atoms with Gasteiger partial charge in [0.25, 0.3) is 0 Å². The zero-order valence-electron chi connectivity index (χ0n) is 13.1. The van der Waals surface area contributed by atoms with Crippen molar-refractivity contribution in [3.05, 3.63) is 0 Å². The van der Waals surface area contributed by atoms with E-state index in [-0.39, 0.29) is 36.6 Å². The maximum absolute atomic E-state index is 12.5. The van der Waals surface area contributed by atoms with Crippen LogP contribution < -0.4 is 10.6 Å². The summed E-state index contributed by atoms with van der Waals surface area (Å²) in [7, 11) is 0. The Morgan fingerprint density at radius 1 is 0.583 bits per heavy atom. The summed E-state index contributed by atoms with van der Waals surface area (Å²) in [6, 6.07) is -0.570. The summed E-state index contributed by atoms with van der Waals surface area (Å²) in [4.78, 5) is 12.5. The van der Waals surface area contributed by atoms with Crippen molar-refractivity contribution in [1.82, 2.24) is 10.6 Å². The molecular formula is C15H20N2O7. The number of nitrogens with one attached hydrogen (secondary N) is 2. The van der Waals surface area contributed by atoms with E-state index in [1.165, 1.54) is 0 Å². The zero-order valence-corrected chi connectivity index (χ0v) is 13.1. The Morgan fingerprint density at radius 2 is 0.833 bits per heavy atom. The van der Waals surface area contributed by atoms with Crippen LogP contribution >= 0.6 is 0 Å². The van der Waals surface area contributed by atoms with E-state index >= 15 is 0 Å². The van der Waals surface area contributed by atoms with Crippen molar-refractivity contribution in [2.24, 2.45) is 0 Å². The molecule has 2 saturated carbocycles. The van der Waals surface area contributed by atoms with Gasteiger partial charge in [-0.1, -0.05) is 0 Å². The van der Waals surface area contributed by atoms with E-state index in [1.54, 1.807) is 0 Å². The molecule has 6 saturated heterocycles. The first kappa shape index (κ1) is 14.2. The third kappa shape index (κ3) is 2.12. The maximum atomic E-state index is 12.5. The monoisotopic (exact) mass is 340 g/mol. The van der Waals surface area contributed by atoms with E-state index in [0.29, 0.717) is 0 Å². The van der Waals surface area contributed by atoms with Crippen LogP contribution in [0.3, 0.4) is 0 Å². The minimum absolute atomic E-state index is 0.0554. The third-order valence-electron chi connectivity index (χ3n) is 5.62. The molecule has 132 valence electrons. The van der Waals surface area contributed by atoms with Crippen LogP contribution in [0, 0.1) is 0 Å². The van der Waals surface area contributed by atoms with Gasteiger partial charge in [-0.3, -0.25) is 10.6 Å². The molecule has 6 heterocycles. The quantitative estimate of drug-likeness (QED) is 0.743. The van der Waals surface area contributed by atoms with Crippen LogP contribution in [0.2, 0.25) is 0 Å². The first-order chi connectivity index (χ1) is 11.6. The van der Waals surface area contributed by atoms with Crippen molar-refractivity contribution < 1.29 is 33.2 Å². The molecule has 8 aliphatic rings. The second kappa shape index (κ2) is 4.60. The molecular weight excluding hydrogens is 320 g/mol.